The molecule has 1 rings (SSSR count). The molecule has 0 aromatic carbocycles. The Kier molecular flexibility index (Phi) is 4.89. The average molecular weight is 287 g/mol. The van der Waals surface area contributed by atoms with Gasteiger partial charge < -0.3 is 10.4 Å². The minimum absolute atomic E-state index is 0.118. The number of aliphatic hydroxyl groups excluding tert-OH is 1. The largest absolute Gasteiger partial charge is 0.391 e. The van der Waals surface area contributed by atoms with Crippen LogP contribution in [0.15, 0.2) is 22.8 Å². The van der Waals surface area contributed by atoms with Crippen LogP contribution in [0.25, 0.3) is 0 Å². The van der Waals surface area contributed by atoms with Crippen molar-refractivity contribution < 1.29 is 9.90 Å². The Balaban J connectivity index is 2.57. The van der Waals surface area contributed by atoms with Crippen LogP contribution in [-0.2, 0) is 0 Å². The molecule has 0 saturated heterocycles. The molecular formula is C11H15BrN2O2. The summed E-state index contributed by atoms with van der Waals surface area (Å²) in [6.07, 6.45) is 1.02. The summed E-state index contributed by atoms with van der Waals surface area (Å²) in [7, 11) is 0. The molecule has 1 unspecified atom stereocenters. The second-order valence-electron chi connectivity index (χ2n) is 3.86. The number of carbonyl (C=O) groups is 1. The number of rotatable bonds is 4. The van der Waals surface area contributed by atoms with Gasteiger partial charge in [-0.25, -0.2) is 4.98 Å². The van der Waals surface area contributed by atoms with E-state index in [0.29, 0.717) is 10.2 Å². The highest BCUT2D eigenvalue weighted by Crippen LogP contribution is 2.12. The summed E-state index contributed by atoms with van der Waals surface area (Å²) in [4.78, 5) is 15.6. The standard InChI is InChI=1S/C11H15BrN2O2/c1-7(2)9(15)6-14-11(16)10-8(12)4-3-5-13-10/h3-5,7,9,15H,6H2,1-2H3,(H,14,16). The topological polar surface area (TPSA) is 62.2 Å². The summed E-state index contributed by atoms with van der Waals surface area (Å²) >= 11 is 3.25. The summed E-state index contributed by atoms with van der Waals surface area (Å²) < 4.78 is 0.645. The minimum atomic E-state index is -0.536. The molecule has 0 aliphatic heterocycles. The monoisotopic (exact) mass is 286 g/mol. The molecule has 1 heterocycles. The molecule has 0 fully saturated rings. The van der Waals surface area contributed by atoms with Gasteiger partial charge in [0.1, 0.15) is 5.69 Å². The Morgan fingerprint density at radius 3 is 2.88 bits per heavy atom. The van der Waals surface area contributed by atoms with E-state index in [1.54, 1.807) is 18.3 Å². The Bertz CT molecular complexity index is 369. The van der Waals surface area contributed by atoms with Gasteiger partial charge in [0.15, 0.2) is 0 Å². The van der Waals surface area contributed by atoms with Gasteiger partial charge in [-0.05, 0) is 34.0 Å². The molecule has 5 heteroatoms. The maximum absolute atomic E-state index is 11.7. The van der Waals surface area contributed by atoms with E-state index in [1.165, 1.54) is 0 Å². The number of carbonyl (C=O) groups excluding carboxylic acids is 1. The number of aromatic nitrogens is 1. The smallest absolute Gasteiger partial charge is 0.271 e. The molecule has 2 N–H and O–H groups in total. The van der Waals surface area contributed by atoms with E-state index in [2.05, 4.69) is 26.2 Å². The van der Waals surface area contributed by atoms with E-state index < -0.39 is 6.10 Å². The fraction of sp³-hybridized carbons (Fsp3) is 0.455. The van der Waals surface area contributed by atoms with Crippen molar-refractivity contribution in [1.29, 1.82) is 0 Å². The molecule has 0 saturated carbocycles. The number of amides is 1. The predicted molar refractivity (Wildman–Crippen MR) is 65.1 cm³/mol. The second-order valence-corrected chi connectivity index (χ2v) is 4.71. The van der Waals surface area contributed by atoms with Gasteiger partial charge in [-0.3, -0.25) is 4.79 Å². The first-order valence-corrected chi connectivity index (χ1v) is 5.88. The molecule has 0 aliphatic rings. The third-order valence-electron chi connectivity index (χ3n) is 2.21. The minimum Gasteiger partial charge on any atom is -0.391 e. The van der Waals surface area contributed by atoms with Gasteiger partial charge in [0.05, 0.1) is 6.10 Å². The van der Waals surface area contributed by atoms with Crippen molar-refractivity contribution in [2.45, 2.75) is 20.0 Å². The maximum atomic E-state index is 11.7. The van der Waals surface area contributed by atoms with Crippen molar-refractivity contribution in [2.75, 3.05) is 6.54 Å². The number of aliphatic hydroxyl groups is 1. The molecule has 1 amide bonds. The molecule has 0 radical (unpaired) electrons. The van der Waals surface area contributed by atoms with E-state index in [9.17, 15) is 9.90 Å². The van der Waals surface area contributed by atoms with Crippen molar-refractivity contribution in [2.24, 2.45) is 5.92 Å². The lowest BCUT2D eigenvalue weighted by molar-refractivity contribution is 0.0866. The van der Waals surface area contributed by atoms with E-state index >= 15 is 0 Å². The van der Waals surface area contributed by atoms with Crippen LogP contribution in [0, 0.1) is 5.92 Å². The van der Waals surface area contributed by atoms with Crippen LogP contribution in [0.3, 0.4) is 0 Å². The number of pyridine rings is 1. The highest BCUT2D eigenvalue weighted by molar-refractivity contribution is 9.10. The van der Waals surface area contributed by atoms with Crippen molar-refractivity contribution in [3.63, 3.8) is 0 Å². The maximum Gasteiger partial charge on any atom is 0.271 e. The van der Waals surface area contributed by atoms with Gasteiger partial charge in [0.25, 0.3) is 5.91 Å². The summed E-state index contributed by atoms with van der Waals surface area (Å²) in [6, 6.07) is 3.49. The van der Waals surface area contributed by atoms with Gasteiger partial charge >= 0.3 is 0 Å². The van der Waals surface area contributed by atoms with Crippen LogP contribution in [-0.4, -0.2) is 28.6 Å². The van der Waals surface area contributed by atoms with Crippen LogP contribution in [0.5, 0.6) is 0 Å². The molecular weight excluding hydrogens is 272 g/mol. The first kappa shape index (κ1) is 13.1. The van der Waals surface area contributed by atoms with E-state index in [1.807, 2.05) is 13.8 Å². The van der Waals surface area contributed by atoms with Gasteiger partial charge in [0.2, 0.25) is 0 Å². The first-order valence-electron chi connectivity index (χ1n) is 5.09. The molecule has 1 atom stereocenters. The fourth-order valence-electron chi connectivity index (χ4n) is 1.07. The van der Waals surface area contributed by atoms with Gasteiger partial charge in [0, 0.05) is 17.2 Å². The molecule has 0 spiro atoms. The Hall–Kier alpha value is -0.940. The lowest BCUT2D eigenvalue weighted by Crippen LogP contribution is -2.35. The van der Waals surface area contributed by atoms with Gasteiger partial charge in [-0.2, -0.15) is 0 Å². The molecule has 4 nitrogen and oxygen atoms in total. The zero-order valence-corrected chi connectivity index (χ0v) is 10.9. The van der Waals surface area contributed by atoms with Crippen molar-refractivity contribution >= 4 is 21.8 Å². The molecule has 16 heavy (non-hydrogen) atoms. The predicted octanol–water partition coefficient (Wildman–Crippen LogP) is 1.59. The first-order chi connectivity index (χ1) is 7.52. The van der Waals surface area contributed by atoms with E-state index in [-0.39, 0.29) is 18.4 Å². The Morgan fingerprint density at radius 2 is 2.31 bits per heavy atom. The number of hydrogen-bond acceptors (Lipinski definition) is 3. The molecule has 1 aromatic rings. The van der Waals surface area contributed by atoms with Gasteiger partial charge in [-0.1, -0.05) is 13.8 Å². The fourth-order valence-corrected chi connectivity index (χ4v) is 1.50. The van der Waals surface area contributed by atoms with Crippen LogP contribution in [0.4, 0.5) is 0 Å². The number of hydrogen-bond donors (Lipinski definition) is 2. The third kappa shape index (κ3) is 3.57. The summed E-state index contributed by atoms with van der Waals surface area (Å²) in [5, 5.41) is 12.2. The molecule has 1 aromatic heterocycles. The molecule has 0 aliphatic carbocycles. The number of nitrogens with zero attached hydrogens (tertiary/aromatic N) is 1. The lowest BCUT2D eigenvalue weighted by atomic mass is 10.1. The van der Waals surface area contributed by atoms with Crippen LogP contribution in [0.2, 0.25) is 0 Å². The van der Waals surface area contributed by atoms with Crippen LogP contribution >= 0.6 is 15.9 Å². The molecule has 0 bridgehead atoms. The highest BCUT2D eigenvalue weighted by atomic mass is 79.9. The van der Waals surface area contributed by atoms with Crippen molar-refractivity contribution in [3.8, 4) is 0 Å². The Labute approximate surface area is 103 Å². The van der Waals surface area contributed by atoms with Crippen molar-refractivity contribution in [1.82, 2.24) is 10.3 Å². The van der Waals surface area contributed by atoms with E-state index in [0.717, 1.165) is 0 Å². The zero-order valence-electron chi connectivity index (χ0n) is 9.27. The third-order valence-corrected chi connectivity index (χ3v) is 2.85. The lowest BCUT2D eigenvalue weighted by Gasteiger charge is -2.14. The van der Waals surface area contributed by atoms with Gasteiger partial charge in [-0.15, -0.1) is 0 Å². The SMILES string of the molecule is CC(C)C(O)CNC(=O)c1ncccc1Br. The van der Waals surface area contributed by atoms with Crippen molar-refractivity contribution in [3.05, 3.63) is 28.5 Å². The average Bonchev–Trinajstić information content (AvgIpc) is 2.25. The second kappa shape index (κ2) is 5.96. The molecule has 88 valence electrons. The van der Waals surface area contributed by atoms with E-state index in [4.69, 9.17) is 0 Å². The Morgan fingerprint density at radius 1 is 1.62 bits per heavy atom. The summed E-state index contributed by atoms with van der Waals surface area (Å²) in [5.74, 6) is -0.167. The number of halogens is 1. The van der Waals surface area contributed by atoms with Crippen LogP contribution in [0.1, 0.15) is 24.3 Å². The number of nitrogens with one attached hydrogen (secondary N) is 1. The quantitative estimate of drug-likeness (QED) is 0.884. The zero-order chi connectivity index (χ0) is 12.1. The summed E-state index contributed by atoms with van der Waals surface area (Å²) in [6.45, 7) is 4.03. The highest BCUT2D eigenvalue weighted by Gasteiger charge is 2.14. The summed E-state index contributed by atoms with van der Waals surface area (Å²) in [5.41, 5.74) is 0.332. The normalized spacial score (nSPS) is 12.6. The van der Waals surface area contributed by atoms with Crippen LogP contribution < -0.4 is 5.32 Å².